The van der Waals surface area contributed by atoms with Gasteiger partial charge in [-0.1, -0.05) is 11.6 Å². The molecule has 2 heterocycles. The van der Waals surface area contributed by atoms with Crippen LogP contribution in [-0.4, -0.2) is 48.5 Å². The van der Waals surface area contributed by atoms with Gasteiger partial charge in [0.1, 0.15) is 17.7 Å². The lowest BCUT2D eigenvalue weighted by atomic mass is 10.00. The number of carbonyl (C=O) groups is 2. The summed E-state index contributed by atoms with van der Waals surface area (Å²) in [6, 6.07) is 2.92. The fourth-order valence-electron chi connectivity index (χ4n) is 4.78. The van der Waals surface area contributed by atoms with E-state index in [9.17, 15) is 26.8 Å². The summed E-state index contributed by atoms with van der Waals surface area (Å²) in [6.45, 7) is 0. The number of hydrogen-bond donors (Lipinski definition) is 1. The van der Waals surface area contributed by atoms with Gasteiger partial charge >= 0.3 is 0 Å². The van der Waals surface area contributed by atoms with E-state index in [0.717, 1.165) is 37.7 Å². The Bertz CT molecular complexity index is 1300. The van der Waals surface area contributed by atoms with Crippen molar-refractivity contribution in [2.45, 2.75) is 48.8 Å². The van der Waals surface area contributed by atoms with Crippen LogP contribution in [0.5, 0.6) is 0 Å². The second-order valence-corrected chi connectivity index (χ2v) is 11.7. The van der Waals surface area contributed by atoms with Crippen molar-refractivity contribution in [1.82, 2.24) is 15.2 Å². The van der Waals surface area contributed by atoms with Gasteiger partial charge in [0.25, 0.3) is 5.91 Å². The van der Waals surface area contributed by atoms with Crippen LogP contribution >= 0.6 is 11.6 Å². The molecule has 1 saturated heterocycles. The number of likely N-dealkylation sites (tertiary alicyclic amines) is 1. The molecule has 2 aromatic rings. The van der Waals surface area contributed by atoms with Crippen molar-refractivity contribution in [2.24, 2.45) is 11.8 Å². The molecule has 1 aromatic heterocycles. The van der Waals surface area contributed by atoms with Crippen molar-refractivity contribution in [2.75, 3.05) is 6.26 Å². The van der Waals surface area contributed by atoms with E-state index >= 15 is 0 Å². The number of nitrogens with zero attached hydrogens (tertiary/aromatic N) is 2. The smallest absolute Gasteiger partial charge is 0.254 e. The summed E-state index contributed by atoms with van der Waals surface area (Å²) < 4.78 is 52.4. The lowest BCUT2D eigenvalue weighted by molar-refractivity contribution is -0.126. The molecule has 2 aliphatic carbocycles. The molecular weight excluding hydrogens is 488 g/mol. The Hall–Kier alpha value is -2.59. The zero-order chi connectivity index (χ0) is 24.4. The number of nitrogens with one attached hydrogen (secondary N) is 1. The number of sulfone groups is 1. The van der Waals surface area contributed by atoms with E-state index in [1.54, 1.807) is 0 Å². The molecule has 180 valence electrons. The van der Waals surface area contributed by atoms with E-state index in [0.29, 0.717) is 6.42 Å². The second kappa shape index (κ2) is 8.27. The predicted molar refractivity (Wildman–Crippen MR) is 119 cm³/mol. The molecule has 3 fully saturated rings. The highest BCUT2D eigenvalue weighted by Gasteiger charge is 2.56. The van der Waals surface area contributed by atoms with E-state index in [1.807, 2.05) is 0 Å². The van der Waals surface area contributed by atoms with Gasteiger partial charge in [0, 0.05) is 29.6 Å². The summed E-state index contributed by atoms with van der Waals surface area (Å²) in [5.74, 6) is -2.21. The first-order valence-electron chi connectivity index (χ1n) is 11.0. The standard InChI is InChI=1S/C23H22ClF2N3O4S/c1-34(32,33)20-8-12(4-5-27-20)23(31)29-18-6-13(18)7-19(29)22(30)28-21(11-2-3-11)14-9-17(26)15(24)10-16(14)25/h4-5,8-11,13,18-19,21H,2-3,6-7H2,1H3,(H,28,30)/t13-,18-,19-,21-/m1/s1. The van der Waals surface area contributed by atoms with E-state index in [4.69, 9.17) is 11.6 Å². The quantitative estimate of drug-likeness (QED) is 0.603. The first-order chi connectivity index (χ1) is 16.0. The SMILES string of the molecule is CS(=O)(=O)c1cc(C(=O)N2[C@@H](C(=O)N[C@@H](c3cc(F)c(Cl)cc3F)C3CC3)C[C@H]3C[C@H]32)ccn1. The monoisotopic (exact) mass is 509 g/mol. The summed E-state index contributed by atoms with van der Waals surface area (Å²) in [5, 5.41) is 2.29. The maximum atomic E-state index is 14.6. The maximum absolute atomic E-state index is 14.6. The Kier molecular flexibility index (Phi) is 5.63. The zero-order valence-electron chi connectivity index (χ0n) is 18.2. The molecule has 1 N–H and O–H groups in total. The fourth-order valence-corrected chi connectivity index (χ4v) is 5.53. The number of aromatic nitrogens is 1. The van der Waals surface area contributed by atoms with Gasteiger partial charge in [0.05, 0.1) is 11.1 Å². The number of piperidine rings is 1. The third-order valence-corrected chi connectivity index (χ3v) is 8.04. The van der Waals surface area contributed by atoms with Crippen molar-refractivity contribution in [3.63, 3.8) is 0 Å². The van der Waals surface area contributed by atoms with Gasteiger partial charge in [0.2, 0.25) is 5.91 Å². The summed E-state index contributed by atoms with van der Waals surface area (Å²) in [5.41, 5.74) is 0.163. The van der Waals surface area contributed by atoms with Crippen LogP contribution in [0.3, 0.4) is 0 Å². The Labute approximate surface area is 200 Å². The van der Waals surface area contributed by atoms with Crippen LogP contribution in [0.2, 0.25) is 5.02 Å². The van der Waals surface area contributed by atoms with Crippen LogP contribution in [0.4, 0.5) is 8.78 Å². The molecule has 5 rings (SSSR count). The van der Waals surface area contributed by atoms with Crippen molar-refractivity contribution in [3.8, 4) is 0 Å². The van der Waals surface area contributed by atoms with Gasteiger partial charge in [0.15, 0.2) is 14.9 Å². The second-order valence-electron chi connectivity index (χ2n) is 9.29. The largest absolute Gasteiger partial charge is 0.347 e. The van der Waals surface area contributed by atoms with E-state index in [1.165, 1.54) is 23.2 Å². The fraction of sp³-hybridized carbons (Fsp3) is 0.435. The molecule has 0 radical (unpaired) electrons. The van der Waals surface area contributed by atoms with Crippen molar-refractivity contribution in [3.05, 3.63) is 58.2 Å². The summed E-state index contributed by atoms with van der Waals surface area (Å²) in [6.07, 6.45) is 5.00. The molecule has 1 aromatic carbocycles. The summed E-state index contributed by atoms with van der Waals surface area (Å²) in [4.78, 5) is 31.9. The molecule has 3 aliphatic rings. The molecule has 2 amide bonds. The highest BCUT2D eigenvalue weighted by Crippen LogP contribution is 2.49. The maximum Gasteiger partial charge on any atom is 0.254 e. The number of halogens is 3. The highest BCUT2D eigenvalue weighted by molar-refractivity contribution is 7.90. The number of carbonyl (C=O) groups excluding carboxylic acids is 2. The molecular formula is C23H22ClF2N3O4S. The molecule has 7 nitrogen and oxygen atoms in total. The van der Waals surface area contributed by atoms with Crippen LogP contribution in [0.1, 0.15) is 47.6 Å². The van der Waals surface area contributed by atoms with Crippen LogP contribution in [0, 0.1) is 23.5 Å². The molecule has 2 saturated carbocycles. The number of pyridine rings is 1. The number of hydrogen-bond acceptors (Lipinski definition) is 5. The Balaban J connectivity index is 1.40. The van der Waals surface area contributed by atoms with Crippen LogP contribution in [0.15, 0.2) is 35.5 Å². The highest BCUT2D eigenvalue weighted by atomic mass is 35.5. The minimum Gasteiger partial charge on any atom is -0.347 e. The van der Waals surface area contributed by atoms with Gasteiger partial charge in [-0.2, -0.15) is 0 Å². The molecule has 4 atom stereocenters. The van der Waals surface area contributed by atoms with Gasteiger partial charge in [-0.15, -0.1) is 0 Å². The number of benzene rings is 1. The zero-order valence-corrected chi connectivity index (χ0v) is 19.7. The third-order valence-electron chi connectivity index (χ3n) is 6.77. The first kappa shape index (κ1) is 23.2. The van der Waals surface area contributed by atoms with E-state index in [2.05, 4.69) is 10.3 Å². The third kappa shape index (κ3) is 4.29. The number of amides is 2. The van der Waals surface area contributed by atoms with Gasteiger partial charge < -0.3 is 10.2 Å². The van der Waals surface area contributed by atoms with E-state index in [-0.39, 0.29) is 39.1 Å². The van der Waals surface area contributed by atoms with Crippen molar-refractivity contribution in [1.29, 1.82) is 0 Å². The molecule has 0 unspecified atom stereocenters. The van der Waals surface area contributed by atoms with Crippen LogP contribution in [0.25, 0.3) is 0 Å². The normalized spacial score (nSPS) is 24.5. The lowest BCUT2D eigenvalue weighted by Gasteiger charge is -2.29. The molecule has 0 spiro atoms. The number of fused-ring (bicyclic) bond motifs is 1. The Morgan fingerprint density at radius 1 is 1.18 bits per heavy atom. The van der Waals surface area contributed by atoms with Gasteiger partial charge in [-0.3, -0.25) is 9.59 Å². The summed E-state index contributed by atoms with van der Waals surface area (Å²) in [7, 11) is -3.61. The molecule has 1 aliphatic heterocycles. The minimum atomic E-state index is -3.61. The average Bonchev–Trinajstić information content (AvgIpc) is 3.72. The Morgan fingerprint density at radius 2 is 1.91 bits per heavy atom. The Morgan fingerprint density at radius 3 is 2.59 bits per heavy atom. The van der Waals surface area contributed by atoms with E-state index < -0.39 is 45.4 Å². The predicted octanol–water partition coefficient (Wildman–Crippen LogP) is 3.29. The lowest BCUT2D eigenvalue weighted by Crippen LogP contribution is -2.49. The molecule has 0 bridgehead atoms. The summed E-state index contributed by atoms with van der Waals surface area (Å²) >= 11 is 5.68. The first-order valence-corrected chi connectivity index (χ1v) is 13.2. The minimum absolute atomic E-state index is 0.0309. The van der Waals surface area contributed by atoms with Crippen LogP contribution in [-0.2, 0) is 14.6 Å². The van der Waals surface area contributed by atoms with Crippen molar-refractivity contribution >= 4 is 33.3 Å². The van der Waals surface area contributed by atoms with Gasteiger partial charge in [-0.25, -0.2) is 22.2 Å². The molecule has 11 heteroatoms. The van der Waals surface area contributed by atoms with Gasteiger partial charge in [-0.05, 0) is 61.8 Å². The van der Waals surface area contributed by atoms with Crippen LogP contribution < -0.4 is 5.32 Å². The average molecular weight is 510 g/mol. The topological polar surface area (TPSA) is 96.4 Å². The molecule has 34 heavy (non-hydrogen) atoms. The van der Waals surface area contributed by atoms with Crippen molar-refractivity contribution < 1.29 is 26.8 Å². The number of rotatable bonds is 6.